The molecule has 28 heavy (non-hydrogen) atoms. The molecule has 7 atom stereocenters. The SMILES string of the molecule is CCN(CC)C(=O)C1CC[C@H]2[C@@H]3CCC4N(C)C(=O)CC[C@]4(C)[C@H]3CC[C@]12C. The Labute approximate surface area is 171 Å². The zero-order valence-electron chi connectivity index (χ0n) is 18.7. The first kappa shape index (κ1) is 20.2. The molecule has 0 aromatic heterocycles. The van der Waals surface area contributed by atoms with Gasteiger partial charge in [-0.05, 0) is 87.4 Å². The molecule has 3 saturated carbocycles. The highest BCUT2D eigenvalue weighted by Gasteiger charge is 2.62. The van der Waals surface area contributed by atoms with Crippen LogP contribution in [0.2, 0.25) is 0 Å². The van der Waals surface area contributed by atoms with E-state index in [4.69, 9.17) is 0 Å². The Morgan fingerprint density at radius 2 is 1.68 bits per heavy atom. The van der Waals surface area contributed by atoms with Crippen LogP contribution in [-0.2, 0) is 9.59 Å². The minimum atomic E-state index is 0.181. The van der Waals surface area contributed by atoms with E-state index in [1.54, 1.807) is 0 Å². The van der Waals surface area contributed by atoms with Crippen molar-refractivity contribution in [1.29, 1.82) is 0 Å². The molecular weight excluding hydrogens is 348 g/mol. The third kappa shape index (κ3) is 2.69. The van der Waals surface area contributed by atoms with Crippen LogP contribution in [0, 0.1) is 34.5 Å². The van der Waals surface area contributed by atoms with Gasteiger partial charge in [-0.3, -0.25) is 9.59 Å². The number of fused-ring (bicyclic) bond motifs is 5. The van der Waals surface area contributed by atoms with Crippen LogP contribution < -0.4 is 0 Å². The number of hydrogen-bond donors (Lipinski definition) is 0. The van der Waals surface area contributed by atoms with Gasteiger partial charge in [-0.25, -0.2) is 0 Å². The largest absolute Gasteiger partial charge is 0.343 e. The fourth-order valence-corrected chi connectivity index (χ4v) is 8.31. The number of amides is 2. The summed E-state index contributed by atoms with van der Waals surface area (Å²) in [5.74, 6) is 3.14. The van der Waals surface area contributed by atoms with E-state index >= 15 is 0 Å². The van der Waals surface area contributed by atoms with E-state index in [1.807, 2.05) is 7.05 Å². The summed E-state index contributed by atoms with van der Waals surface area (Å²) in [5.41, 5.74) is 0.453. The van der Waals surface area contributed by atoms with Gasteiger partial charge >= 0.3 is 0 Å². The number of piperidine rings is 1. The lowest BCUT2D eigenvalue weighted by molar-refractivity contribution is -0.161. The topological polar surface area (TPSA) is 40.6 Å². The second-order valence-corrected chi connectivity index (χ2v) is 10.7. The highest BCUT2D eigenvalue weighted by Crippen LogP contribution is 2.66. The van der Waals surface area contributed by atoms with E-state index in [1.165, 1.54) is 25.7 Å². The lowest BCUT2D eigenvalue weighted by Crippen LogP contribution is -2.61. The van der Waals surface area contributed by atoms with E-state index in [0.717, 1.165) is 50.6 Å². The van der Waals surface area contributed by atoms with Gasteiger partial charge in [0.1, 0.15) is 0 Å². The first-order valence-electron chi connectivity index (χ1n) is 11.8. The molecule has 1 heterocycles. The molecule has 0 radical (unpaired) electrons. The zero-order valence-corrected chi connectivity index (χ0v) is 18.7. The quantitative estimate of drug-likeness (QED) is 0.722. The predicted octanol–water partition coefficient (Wildman–Crippen LogP) is 4.33. The highest BCUT2D eigenvalue weighted by atomic mass is 16.2. The summed E-state index contributed by atoms with van der Waals surface area (Å²) in [6, 6.07) is 0.425. The first-order chi connectivity index (χ1) is 13.3. The van der Waals surface area contributed by atoms with Gasteiger partial charge in [0.25, 0.3) is 0 Å². The molecule has 2 amide bonds. The van der Waals surface area contributed by atoms with Gasteiger partial charge < -0.3 is 9.80 Å². The normalized spacial score (nSPS) is 45.2. The minimum Gasteiger partial charge on any atom is -0.343 e. The highest BCUT2D eigenvalue weighted by molar-refractivity contribution is 5.80. The van der Waals surface area contributed by atoms with Gasteiger partial charge in [0.05, 0.1) is 0 Å². The van der Waals surface area contributed by atoms with Crippen LogP contribution in [0.3, 0.4) is 0 Å². The maximum absolute atomic E-state index is 13.3. The van der Waals surface area contributed by atoms with E-state index < -0.39 is 0 Å². The molecule has 0 aromatic carbocycles. The van der Waals surface area contributed by atoms with E-state index in [9.17, 15) is 9.59 Å². The molecular formula is C24H40N2O2. The van der Waals surface area contributed by atoms with Crippen LogP contribution in [-0.4, -0.2) is 47.8 Å². The Kier molecular flexibility index (Phi) is 5.07. The average molecular weight is 389 g/mol. The average Bonchev–Trinajstić information content (AvgIpc) is 3.03. The second-order valence-electron chi connectivity index (χ2n) is 10.7. The summed E-state index contributed by atoms with van der Waals surface area (Å²) in [7, 11) is 2.03. The Morgan fingerprint density at radius 3 is 2.36 bits per heavy atom. The van der Waals surface area contributed by atoms with Crippen molar-refractivity contribution in [3.63, 3.8) is 0 Å². The lowest BCUT2D eigenvalue weighted by Gasteiger charge is -2.61. The van der Waals surface area contributed by atoms with Crippen molar-refractivity contribution in [3.8, 4) is 0 Å². The molecule has 0 N–H and O–H groups in total. The fourth-order valence-electron chi connectivity index (χ4n) is 8.31. The monoisotopic (exact) mass is 388 g/mol. The van der Waals surface area contributed by atoms with Crippen molar-refractivity contribution in [2.45, 2.75) is 85.1 Å². The molecule has 4 aliphatic rings. The van der Waals surface area contributed by atoms with Crippen molar-refractivity contribution in [2.75, 3.05) is 20.1 Å². The summed E-state index contributed by atoms with van der Waals surface area (Å²) >= 11 is 0. The standard InChI is InChI=1S/C24H40N2O2/c1-6-26(7-2)22(28)19-10-9-17-16-8-11-20-24(4,15-13-21(27)25(20)5)18(16)12-14-23(17,19)3/h16-20H,6-15H2,1-5H3/t16-,17-,18-,19?,20?,23-,24+/m0/s1. The smallest absolute Gasteiger partial charge is 0.226 e. The van der Waals surface area contributed by atoms with Gasteiger partial charge in [0, 0.05) is 38.5 Å². The molecule has 1 aliphatic heterocycles. The molecule has 2 unspecified atom stereocenters. The number of likely N-dealkylation sites (tertiary alicyclic amines) is 1. The molecule has 4 heteroatoms. The Hall–Kier alpha value is -1.06. The first-order valence-corrected chi connectivity index (χ1v) is 11.8. The summed E-state index contributed by atoms with van der Waals surface area (Å²) in [6.45, 7) is 10.8. The molecule has 4 nitrogen and oxygen atoms in total. The van der Waals surface area contributed by atoms with Crippen LogP contribution in [0.4, 0.5) is 0 Å². The second kappa shape index (κ2) is 7.02. The predicted molar refractivity (Wildman–Crippen MR) is 112 cm³/mol. The number of nitrogens with zero attached hydrogens (tertiary/aromatic N) is 2. The molecule has 158 valence electrons. The molecule has 4 rings (SSSR count). The molecule has 0 bridgehead atoms. The lowest BCUT2D eigenvalue weighted by atomic mass is 9.47. The summed E-state index contributed by atoms with van der Waals surface area (Å²) < 4.78 is 0. The van der Waals surface area contributed by atoms with E-state index in [2.05, 4.69) is 37.5 Å². The zero-order chi connectivity index (χ0) is 20.3. The summed E-state index contributed by atoms with van der Waals surface area (Å²) in [6.07, 6.45) is 8.93. The molecule has 0 aromatic rings. The van der Waals surface area contributed by atoms with Crippen molar-refractivity contribution in [3.05, 3.63) is 0 Å². The van der Waals surface area contributed by atoms with E-state index in [0.29, 0.717) is 23.8 Å². The fraction of sp³-hybridized carbons (Fsp3) is 0.917. The van der Waals surface area contributed by atoms with Crippen LogP contribution in [0.15, 0.2) is 0 Å². The van der Waals surface area contributed by atoms with Gasteiger partial charge in [-0.1, -0.05) is 13.8 Å². The summed E-state index contributed by atoms with van der Waals surface area (Å²) in [4.78, 5) is 29.7. The summed E-state index contributed by atoms with van der Waals surface area (Å²) in [5, 5.41) is 0. The maximum atomic E-state index is 13.3. The molecule has 1 saturated heterocycles. The Morgan fingerprint density at radius 1 is 1.00 bits per heavy atom. The van der Waals surface area contributed by atoms with E-state index in [-0.39, 0.29) is 16.7 Å². The minimum absolute atomic E-state index is 0.181. The third-order valence-corrected chi connectivity index (χ3v) is 9.93. The van der Waals surface area contributed by atoms with Crippen LogP contribution in [0.25, 0.3) is 0 Å². The molecule has 0 spiro atoms. The Bertz CT molecular complexity index is 645. The number of hydrogen-bond acceptors (Lipinski definition) is 2. The van der Waals surface area contributed by atoms with Crippen molar-refractivity contribution in [2.24, 2.45) is 34.5 Å². The number of rotatable bonds is 3. The van der Waals surface area contributed by atoms with Crippen molar-refractivity contribution < 1.29 is 9.59 Å². The van der Waals surface area contributed by atoms with Crippen molar-refractivity contribution >= 4 is 11.8 Å². The molecule has 3 aliphatic carbocycles. The van der Waals surface area contributed by atoms with Crippen LogP contribution in [0.1, 0.15) is 79.1 Å². The Balaban J connectivity index is 1.58. The van der Waals surface area contributed by atoms with Crippen LogP contribution >= 0.6 is 0 Å². The maximum Gasteiger partial charge on any atom is 0.226 e. The van der Waals surface area contributed by atoms with Crippen molar-refractivity contribution in [1.82, 2.24) is 9.80 Å². The number of carbonyl (C=O) groups excluding carboxylic acids is 2. The van der Waals surface area contributed by atoms with Crippen LogP contribution in [0.5, 0.6) is 0 Å². The number of carbonyl (C=O) groups is 2. The van der Waals surface area contributed by atoms with Gasteiger partial charge in [0.15, 0.2) is 0 Å². The van der Waals surface area contributed by atoms with Gasteiger partial charge in [0.2, 0.25) is 11.8 Å². The van der Waals surface area contributed by atoms with Gasteiger partial charge in [-0.2, -0.15) is 0 Å². The van der Waals surface area contributed by atoms with Gasteiger partial charge in [-0.15, -0.1) is 0 Å². The molecule has 4 fully saturated rings. The third-order valence-electron chi connectivity index (χ3n) is 9.93.